The summed E-state index contributed by atoms with van der Waals surface area (Å²) in [6.07, 6.45) is 4.99. The number of para-hydroxylation sites is 1. The number of furan rings is 1. The van der Waals surface area contributed by atoms with Gasteiger partial charge < -0.3 is 18.8 Å². The van der Waals surface area contributed by atoms with Gasteiger partial charge in [-0.15, -0.1) is 0 Å². The zero-order valence-corrected chi connectivity index (χ0v) is 20.0. The van der Waals surface area contributed by atoms with Crippen molar-refractivity contribution < 1.29 is 23.5 Å². The van der Waals surface area contributed by atoms with Crippen molar-refractivity contribution in [3.05, 3.63) is 89.7 Å². The maximum absolute atomic E-state index is 12.9. The Labute approximate surface area is 200 Å². The lowest BCUT2D eigenvalue weighted by Gasteiger charge is -2.19. The molecule has 0 N–H and O–H groups in total. The van der Waals surface area contributed by atoms with Gasteiger partial charge in [0.1, 0.15) is 11.5 Å². The van der Waals surface area contributed by atoms with Gasteiger partial charge in [0.05, 0.1) is 19.5 Å². The smallest absolute Gasteiger partial charge is 0.333 e. The summed E-state index contributed by atoms with van der Waals surface area (Å²) in [4.78, 5) is 26.3. The average Bonchev–Trinajstić information content (AvgIpc) is 3.39. The number of carbonyl (C=O) groups excluding carboxylic acids is 2. The molecular formula is C28H31NO5. The Morgan fingerprint density at radius 3 is 2.50 bits per heavy atom. The first-order chi connectivity index (χ1) is 16.5. The average molecular weight is 462 g/mol. The van der Waals surface area contributed by atoms with Crippen LogP contribution in [-0.4, -0.2) is 37.0 Å². The quantitative estimate of drug-likeness (QED) is 0.202. The summed E-state index contributed by atoms with van der Waals surface area (Å²) in [6, 6.07) is 18.8. The molecule has 1 aromatic heterocycles. The predicted octanol–water partition coefficient (Wildman–Crippen LogP) is 5.89. The van der Waals surface area contributed by atoms with Crippen LogP contribution >= 0.6 is 0 Å². The van der Waals surface area contributed by atoms with Crippen LogP contribution in [0.5, 0.6) is 5.75 Å². The molecule has 0 fully saturated rings. The third kappa shape index (κ3) is 6.85. The topological polar surface area (TPSA) is 69.0 Å². The van der Waals surface area contributed by atoms with Gasteiger partial charge in [0.25, 0.3) is 5.91 Å². The van der Waals surface area contributed by atoms with E-state index < -0.39 is 0 Å². The summed E-state index contributed by atoms with van der Waals surface area (Å²) < 4.78 is 16.4. The Morgan fingerprint density at radius 1 is 1.03 bits per heavy atom. The number of benzene rings is 2. The van der Waals surface area contributed by atoms with Crippen molar-refractivity contribution in [3.63, 3.8) is 0 Å². The van der Waals surface area contributed by atoms with Gasteiger partial charge in [0, 0.05) is 35.9 Å². The van der Waals surface area contributed by atoms with Gasteiger partial charge in [-0.3, -0.25) is 4.79 Å². The summed E-state index contributed by atoms with van der Waals surface area (Å²) in [5.74, 6) is 1.17. The molecular weight excluding hydrogens is 430 g/mol. The standard InChI is InChI=1S/C28H31NO5/c1-4-32-28(31)21(2)10-7-8-18-33-26-12-6-5-11-24(26)20-29(3)27(30)23-16-14-22(15-17-23)25-13-9-19-34-25/h5-6,9-17,19H,4,7-8,18,20H2,1-3H3/b21-10+. The molecule has 34 heavy (non-hydrogen) atoms. The number of hydrogen-bond acceptors (Lipinski definition) is 5. The molecule has 0 atom stereocenters. The molecule has 0 radical (unpaired) electrons. The highest BCUT2D eigenvalue weighted by atomic mass is 16.5. The lowest BCUT2D eigenvalue weighted by Crippen LogP contribution is -2.26. The van der Waals surface area contributed by atoms with Gasteiger partial charge in [-0.1, -0.05) is 36.4 Å². The van der Waals surface area contributed by atoms with Crippen LogP contribution in [0.4, 0.5) is 0 Å². The van der Waals surface area contributed by atoms with Gasteiger partial charge in [0.15, 0.2) is 0 Å². The molecule has 0 spiro atoms. The first kappa shape index (κ1) is 24.8. The van der Waals surface area contributed by atoms with Crippen LogP contribution in [0, 0.1) is 0 Å². The van der Waals surface area contributed by atoms with Crippen LogP contribution < -0.4 is 4.74 Å². The highest BCUT2D eigenvalue weighted by Gasteiger charge is 2.15. The Bertz CT molecular complexity index is 1100. The minimum atomic E-state index is -0.280. The van der Waals surface area contributed by atoms with E-state index >= 15 is 0 Å². The van der Waals surface area contributed by atoms with Crippen molar-refractivity contribution >= 4 is 11.9 Å². The van der Waals surface area contributed by atoms with Crippen LogP contribution in [0.25, 0.3) is 11.3 Å². The van der Waals surface area contributed by atoms with Gasteiger partial charge in [0.2, 0.25) is 0 Å². The molecule has 6 nitrogen and oxygen atoms in total. The minimum Gasteiger partial charge on any atom is -0.493 e. The van der Waals surface area contributed by atoms with Crippen LogP contribution in [0.2, 0.25) is 0 Å². The van der Waals surface area contributed by atoms with E-state index in [0.29, 0.717) is 30.9 Å². The minimum absolute atomic E-state index is 0.0691. The van der Waals surface area contributed by atoms with Crippen molar-refractivity contribution in [2.75, 3.05) is 20.3 Å². The molecule has 0 unspecified atom stereocenters. The molecule has 0 aliphatic carbocycles. The van der Waals surface area contributed by atoms with Gasteiger partial charge in [-0.2, -0.15) is 0 Å². The number of allylic oxidation sites excluding steroid dienone is 1. The second-order valence-corrected chi connectivity index (χ2v) is 7.92. The fraction of sp³-hybridized carbons (Fsp3) is 0.286. The van der Waals surface area contributed by atoms with Gasteiger partial charge in [-0.05, 0) is 57.0 Å². The van der Waals surface area contributed by atoms with Crippen LogP contribution in [-0.2, 0) is 16.1 Å². The second kappa shape index (κ2) is 12.4. The van der Waals surface area contributed by atoms with E-state index in [0.717, 1.165) is 35.5 Å². The van der Waals surface area contributed by atoms with Gasteiger partial charge in [-0.25, -0.2) is 4.79 Å². The lowest BCUT2D eigenvalue weighted by molar-refractivity contribution is -0.138. The monoisotopic (exact) mass is 461 g/mol. The van der Waals surface area contributed by atoms with E-state index in [1.54, 1.807) is 32.1 Å². The third-order valence-corrected chi connectivity index (χ3v) is 5.32. The molecule has 0 aliphatic rings. The Kier molecular flexibility index (Phi) is 9.09. The Balaban J connectivity index is 1.54. The molecule has 0 saturated carbocycles. The Morgan fingerprint density at radius 2 is 1.79 bits per heavy atom. The number of esters is 1. The molecule has 0 bridgehead atoms. The van der Waals surface area contributed by atoms with E-state index in [-0.39, 0.29) is 11.9 Å². The van der Waals surface area contributed by atoms with Crippen molar-refractivity contribution in [3.8, 4) is 17.1 Å². The van der Waals surface area contributed by atoms with Crippen molar-refractivity contribution in [2.24, 2.45) is 0 Å². The van der Waals surface area contributed by atoms with E-state index in [4.69, 9.17) is 13.9 Å². The highest BCUT2D eigenvalue weighted by Crippen LogP contribution is 2.23. The summed E-state index contributed by atoms with van der Waals surface area (Å²) in [6.45, 7) is 4.86. The van der Waals surface area contributed by atoms with Crippen molar-refractivity contribution in [1.82, 2.24) is 4.90 Å². The zero-order chi connectivity index (χ0) is 24.3. The van der Waals surface area contributed by atoms with Crippen LogP contribution in [0.15, 0.2) is 83.0 Å². The normalized spacial score (nSPS) is 11.2. The molecule has 1 heterocycles. The SMILES string of the molecule is CCOC(=O)/C(C)=C/CCCOc1ccccc1CN(C)C(=O)c1ccc(-c2ccco2)cc1. The number of unbranched alkanes of at least 4 members (excludes halogenated alkanes) is 1. The third-order valence-electron chi connectivity index (χ3n) is 5.32. The summed E-state index contributed by atoms with van der Waals surface area (Å²) in [5, 5.41) is 0. The summed E-state index contributed by atoms with van der Waals surface area (Å²) in [7, 11) is 1.78. The van der Waals surface area contributed by atoms with E-state index in [9.17, 15) is 9.59 Å². The predicted molar refractivity (Wildman–Crippen MR) is 132 cm³/mol. The highest BCUT2D eigenvalue weighted by molar-refractivity contribution is 5.94. The van der Waals surface area contributed by atoms with Crippen LogP contribution in [0.3, 0.4) is 0 Å². The molecule has 6 heteroatoms. The zero-order valence-electron chi connectivity index (χ0n) is 20.0. The molecule has 2 aromatic carbocycles. The lowest BCUT2D eigenvalue weighted by atomic mass is 10.1. The van der Waals surface area contributed by atoms with Crippen molar-refractivity contribution in [2.45, 2.75) is 33.2 Å². The number of carbonyl (C=O) groups is 2. The van der Waals surface area contributed by atoms with E-state index in [1.165, 1.54) is 0 Å². The molecule has 178 valence electrons. The summed E-state index contributed by atoms with van der Waals surface area (Å²) in [5.41, 5.74) is 3.08. The number of ether oxygens (including phenoxy) is 2. The molecule has 3 aromatic rings. The fourth-order valence-electron chi connectivity index (χ4n) is 3.46. The Hall–Kier alpha value is -3.80. The fourth-order valence-corrected chi connectivity index (χ4v) is 3.46. The first-order valence-corrected chi connectivity index (χ1v) is 11.4. The summed E-state index contributed by atoms with van der Waals surface area (Å²) >= 11 is 0. The molecule has 0 aliphatic heterocycles. The largest absolute Gasteiger partial charge is 0.493 e. The maximum atomic E-state index is 12.9. The molecule has 0 saturated heterocycles. The maximum Gasteiger partial charge on any atom is 0.333 e. The number of rotatable bonds is 11. The van der Waals surface area contributed by atoms with Gasteiger partial charge >= 0.3 is 5.97 Å². The molecule has 3 rings (SSSR count). The first-order valence-electron chi connectivity index (χ1n) is 11.4. The second-order valence-electron chi connectivity index (χ2n) is 7.92. The number of hydrogen-bond donors (Lipinski definition) is 0. The van der Waals surface area contributed by atoms with E-state index in [1.807, 2.05) is 66.7 Å². The van der Waals surface area contributed by atoms with Crippen molar-refractivity contribution in [1.29, 1.82) is 0 Å². The van der Waals surface area contributed by atoms with Crippen LogP contribution in [0.1, 0.15) is 42.6 Å². The molecule has 1 amide bonds. The van der Waals surface area contributed by atoms with E-state index in [2.05, 4.69) is 0 Å². The number of amides is 1. The number of nitrogens with zero attached hydrogens (tertiary/aromatic N) is 1.